The van der Waals surface area contributed by atoms with Crippen LogP contribution in [0.25, 0.3) is 22.5 Å². The quantitative estimate of drug-likeness (QED) is 0.360. The second kappa shape index (κ2) is 10.7. The van der Waals surface area contributed by atoms with E-state index in [1.807, 2.05) is 0 Å². The zero-order valence-corrected chi connectivity index (χ0v) is 20.8. The molecule has 0 aliphatic heterocycles. The maximum Gasteiger partial charge on any atom is 0.336 e. The molecule has 2 heterocycles. The second-order valence-corrected chi connectivity index (χ2v) is 8.44. The smallest absolute Gasteiger partial charge is 0.336 e. The summed E-state index contributed by atoms with van der Waals surface area (Å²) in [7, 11) is 1.66. The number of halogens is 3. The van der Waals surface area contributed by atoms with Crippen LogP contribution in [0.4, 0.5) is 13.6 Å². The third-order valence-electron chi connectivity index (χ3n) is 5.37. The lowest BCUT2D eigenvalue weighted by atomic mass is 9.97. The Morgan fingerprint density at radius 1 is 1.19 bits per heavy atom. The Bertz CT molecular complexity index is 1470. The number of nitrogens with zero attached hydrogens (tertiary/aromatic N) is 5. The Labute approximate surface area is 215 Å². The number of nitrogens with one attached hydrogen (secondary N) is 2. The van der Waals surface area contributed by atoms with Gasteiger partial charge >= 0.3 is 6.03 Å². The largest absolute Gasteiger partial charge is 0.339 e. The van der Waals surface area contributed by atoms with E-state index in [-0.39, 0.29) is 52.1 Å². The molecule has 0 aliphatic carbocycles. The number of urea groups is 1. The fraction of sp³-hybridized carbons (Fsp3) is 0.208. The van der Waals surface area contributed by atoms with Crippen molar-refractivity contribution in [1.82, 2.24) is 35.7 Å². The minimum absolute atomic E-state index is 0.00593. The van der Waals surface area contributed by atoms with Crippen molar-refractivity contribution < 1.29 is 22.9 Å². The normalized spacial score (nSPS) is 10.9. The van der Waals surface area contributed by atoms with E-state index in [4.69, 9.17) is 16.1 Å². The molecule has 0 atom stereocenters. The van der Waals surface area contributed by atoms with E-state index >= 15 is 4.39 Å². The zero-order valence-electron chi connectivity index (χ0n) is 20.1. The SMILES string of the molecule is CCN(NC(=O)c1cnn(C)c1)C(=O)NCc1ccc(-c2cc(Cl)cc(F)c2-c2noc(C)n2)cc1F. The Morgan fingerprint density at radius 3 is 2.59 bits per heavy atom. The van der Waals surface area contributed by atoms with E-state index in [1.54, 1.807) is 27.0 Å². The number of aryl methyl sites for hydroxylation is 2. The first-order chi connectivity index (χ1) is 17.7. The molecule has 4 aromatic rings. The van der Waals surface area contributed by atoms with Crippen molar-refractivity contribution in [2.75, 3.05) is 6.54 Å². The minimum Gasteiger partial charge on any atom is -0.339 e. The molecule has 0 unspecified atom stereocenters. The van der Waals surface area contributed by atoms with Crippen molar-refractivity contribution >= 4 is 23.5 Å². The fourth-order valence-corrected chi connectivity index (χ4v) is 3.76. The highest BCUT2D eigenvalue weighted by Crippen LogP contribution is 2.36. The summed E-state index contributed by atoms with van der Waals surface area (Å²) in [5.41, 5.74) is 3.55. The summed E-state index contributed by atoms with van der Waals surface area (Å²) < 4.78 is 36.2. The molecular weight excluding hydrogens is 508 g/mol. The van der Waals surface area contributed by atoms with Crippen molar-refractivity contribution in [3.63, 3.8) is 0 Å². The van der Waals surface area contributed by atoms with Gasteiger partial charge in [-0.05, 0) is 36.2 Å². The van der Waals surface area contributed by atoms with Crippen molar-refractivity contribution in [2.24, 2.45) is 7.05 Å². The third kappa shape index (κ3) is 5.75. The molecule has 4 rings (SSSR count). The summed E-state index contributed by atoms with van der Waals surface area (Å²) in [5.74, 6) is -1.59. The third-order valence-corrected chi connectivity index (χ3v) is 5.58. The first-order valence-electron chi connectivity index (χ1n) is 11.1. The highest BCUT2D eigenvalue weighted by atomic mass is 35.5. The van der Waals surface area contributed by atoms with Gasteiger partial charge in [-0.15, -0.1) is 0 Å². The van der Waals surface area contributed by atoms with Gasteiger partial charge in [-0.1, -0.05) is 28.9 Å². The standard InChI is InChI=1S/C24H22ClF2N7O3/c1-4-34(31-23(35)16-11-29-33(3)12-16)24(36)28-10-15-6-5-14(7-19(15)26)18-8-17(25)9-20(27)21(18)22-30-13(2)37-32-22/h5-9,11-12H,4,10H2,1-3H3,(H,28,36)(H,31,35). The van der Waals surface area contributed by atoms with E-state index < -0.39 is 23.6 Å². The number of hydrogen-bond acceptors (Lipinski definition) is 6. The molecule has 3 amide bonds. The molecule has 2 aromatic carbocycles. The van der Waals surface area contributed by atoms with Crippen LogP contribution < -0.4 is 10.7 Å². The molecule has 0 aliphatic rings. The number of amides is 3. The van der Waals surface area contributed by atoms with E-state index in [0.29, 0.717) is 5.56 Å². The topological polar surface area (TPSA) is 118 Å². The van der Waals surface area contributed by atoms with Gasteiger partial charge in [-0.25, -0.2) is 18.6 Å². The Morgan fingerprint density at radius 2 is 1.97 bits per heavy atom. The molecule has 2 aromatic heterocycles. The lowest BCUT2D eigenvalue weighted by Crippen LogP contribution is -2.50. The van der Waals surface area contributed by atoms with Crippen molar-refractivity contribution in [2.45, 2.75) is 20.4 Å². The van der Waals surface area contributed by atoms with Crippen molar-refractivity contribution in [1.29, 1.82) is 0 Å². The van der Waals surface area contributed by atoms with Crippen LogP contribution in [-0.2, 0) is 13.6 Å². The second-order valence-electron chi connectivity index (χ2n) is 8.00. The van der Waals surface area contributed by atoms with Gasteiger partial charge in [0.05, 0.1) is 17.3 Å². The average molecular weight is 530 g/mol. The zero-order chi connectivity index (χ0) is 26.7. The highest BCUT2D eigenvalue weighted by Gasteiger charge is 2.21. The number of hydrogen-bond donors (Lipinski definition) is 2. The maximum atomic E-state index is 15.0. The number of aromatic nitrogens is 4. The molecule has 0 fully saturated rings. The van der Waals surface area contributed by atoms with E-state index in [2.05, 4.69) is 26.0 Å². The van der Waals surface area contributed by atoms with Crippen LogP contribution in [0.5, 0.6) is 0 Å². The van der Waals surface area contributed by atoms with Crippen molar-refractivity contribution in [3.05, 3.63) is 76.4 Å². The van der Waals surface area contributed by atoms with Crippen LogP contribution in [0, 0.1) is 18.6 Å². The van der Waals surface area contributed by atoms with Gasteiger partial charge in [-0.3, -0.25) is 14.9 Å². The lowest BCUT2D eigenvalue weighted by molar-refractivity contribution is 0.0831. The van der Waals surface area contributed by atoms with Crippen LogP contribution in [0.15, 0.2) is 47.2 Å². The minimum atomic E-state index is -0.687. The Balaban J connectivity index is 1.50. The predicted octanol–water partition coefficient (Wildman–Crippen LogP) is 4.25. The number of hydrazine groups is 1. The van der Waals surface area contributed by atoms with Crippen LogP contribution in [0.3, 0.4) is 0 Å². The number of carbonyl (C=O) groups excluding carboxylic acids is 2. The molecule has 0 bridgehead atoms. The molecule has 2 N–H and O–H groups in total. The van der Waals surface area contributed by atoms with Gasteiger partial charge in [-0.2, -0.15) is 10.1 Å². The summed E-state index contributed by atoms with van der Waals surface area (Å²) in [6.07, 6.45) is 2.88. The first-order valence-corrected chi connectivity index (χ1v) is 11.5. The van der Waals surface area contributed by atoms with E-state index in [9.17, 15) is 14.0 Å². The van der Waals surface area contributed by atoms with Gasteiger partial charge < -0.3 is 9.84 Å². The Kier molecular flexibility index (Phi) is 7.48. The average Bonchev–Trinajstić information content (AvgIpc) is 3.49. The van der Waals surface area contributed by atoms with Gasteiger partial charge in [0.1, 0.15) is 11.6 Å². The van der Waals surface area contributed by atoms with Crippen molar-refractivity contribution in [3.8, 4) is 22.5 Å². The molecule has 192 valence electrons. The first kappa shape index (κ1) is 25.8. The summed E-state index contributed by atoms with van der Waals surface area (Å²) >= 11 is 6.06. The number of carbonyl (C=O) groups is 2. The monoisotopic (exact) mass is 529 g/mol. The van der Waals surface area contributed by atoms with Crippen LogP contribution in [-0.4, -0.2) is 43.4 Å². The van der Waals surface area contributed by atoms with Gasteiger partial charge in [0.25, 0.3) is 5.91 Å². The summed E-state index contributed by atoms with van der Waals surface area (Å²) in [5, 5.41) is 11.4. The van der Waals surface area contributed by atoms with Gasteiger partial charge in [0.15, 0.2) is 0 Å². The van der Waals surface area contributed by atoms with Crippen LogP contribution in [0.1, 0.15) is 28.7 Å². The summed E-state index contributed by atoms with van der Waals surface area (Å²) in [6, 6.07) is 6.18. The van der Waals surface area contributed by atoms with E-state index in [0.717, 1.165) is 11.1 Å². The molecule has 0 radical (unpaired) electrons. The number of benzene rings is 2. The molecule has 0 spiro atoms. The molecule has 0 saturated heterocycles. The van der Waals surface area contributed by atoms with Crippen LogP contribution >= 0.6 is 11.6 Å². The number of rotatable bonds is 6. The Hall–Kier alpha value is -4.32. The molecule has 0 saturated carbocycles. The maximum absolute atomic E-state index is 15.0. The predicted molar refractivity (Wildman–Crippen MR) is 130 cm³/mol. The summed E-state index contributed by atoms with van der Waals surface area (Å²) in [6.45, 7) is 3.24. The lowest BCUT2D eigenvalue weighted by Gasteiger charge is -2.22. The highest BCUT2D eigenvalue weighted by molar-refractivity contribution is 6.31. The summed E-state index contributed by atoms with van der Waals surface area (Å²) in [4.78, 5) is 29.0. The molecule has 37 heavy (non-hydrogen) atoms. The van der Waals surface area contributed by atoms with Gasteiger partial charge in [0.2, 0.25) is 11.7 Å². The molecule has 10 nitrogen and oxygen atoms in total. The van der Waals surface area contributed by atoms with E-state index in [1.165, 1.54) is 35.3 Å². The van der Waals surface area contributed by atoms with Gasteiger partial charge in [0, 0.05) is 43.8 Å². The molecule has 13 heteroatoms. The molecular formula is C24H22ClF2N7O3. The van der Waals surface area contributed by atoms with Crippen LogP contribution in [0.2, 0.25) is 5.02 Å². The fourth-order valence-electron chi connectivity index (χ4n) is 3.55.